The van der Waals surface area contributed by atoms with Crippen LogP contribution in [0.4, 0.5) is 5.69 Å². The van der Waals surface area contributed by atoms with Crippen LogP contribution in [0.25, 0.3) is 21.7 Å². The van der Waals surface area contributed by atoms with Crippen molar-refractivity contribution in [3.8, 4) is 11.5 Å². The Morgan fingerprint density at radius 3 is 2.67 bits per heavy atom. The molecule has 2 heterocycles. The van der Waals surface area contributed by atoms with Crippen molar-refractivity contribution in [2.75, 3.05) is 18.7 Å². The average molecular weight is 359 g/mol. The monoisotopic (exact) mass is 359 g/mol. The number of fused-ring (bicyclic) bond motifs is 5. The minimum absolute atomic E-state index is 0.329. The molecule has 0 saturated heterocycles. The van der Waals surface area contributed by atoms with Crippen LogP contribution in [0.5, 0.6) is 11.5 Å². The van der Waals surface area contributed by atoms with Gasteiger partial charge < -0.3 is 18.8 Å². The molecule has 0 atom stereocenters. The van der Waals surface area contributed by atoms with Gasteiger partial charge in [0, 0.05) is 17.1 Å². The smallest absolute Gasteiger partial charge is 0.344 e. The van der Waals surface area contributed by atoms with E-state index in [-0.39, 0.29) is 5.63 Å². The third-order valence-corrected chi connectivity index (χ3v) is 4.99. The summed E-state index contributed by atoms with van der Waals surface area (Å²) >= 11 is 0. The zero-order valence-corrected chi connectivity index (χ0v) is 14.8. The molecule has 0 N–H and O–H groups in total. The number of nitrogens with zero attached hydrogens (tertiary/aromatic N) is 1. The molecule has 0 fully saturated rings. The van der Waals surface area contributed by atoms with Crippen LogP contribution in [0, 0.1) is 0 Å². The van der Waals surface area contributed by atoms with Crippen LogP contribution in [-0.2, 0) is 6.54 Å². The molecule has 0 aliphatic carbocycles. The summed E-state index contributed by atoms with van der Waals surface area (Å²) in [4.78, 5) is 14.6. The van der Waals surface area contributed by atoms with E-state index in [4.69, 9.17) is 13.9 Å². The van der Waals surface area contributed by atoms with Crippen molar-refractivity contribution in [3.05, 3.63) is 76.6 Å². The Bertz CT molecular complexity index is 1230. The standard InChI is InChI=1S/C22H17NO4/c1-25-15-6-4-5-14(11-15)23-12-19-20(26-13-23)10-9-17-16-7-2-3-8-18(16)22(24)27-21(17)19/h2-11H,12-13H2,1H3. The van der Waals surface area contributed by atoms with Crippen molar-refractivity contribution in [3.63, 3.8) is 0 Å². The Hall–Kier alpha value is -3.47. The molecule has 3 aromatic carbocycles. The normalized spacial score (nSPS) is 13.4. The molecule has 0 unspecified atom stereocenters. The molecule has 0 saturated carbocycles. The third-order valence-electron chi connectivity index (χ3n) is 4.99. The SMILES string of the molecule is COc1cccc(N2COc3ccc4c(oc(=O)c5ccccc54)c3C2)c1. The van der Waals surface area contributed by atoms with E-state index in [0.717, 1.165) is 33.5 Å². The summed E-state index contributed by atoms with van der Waals surface area (Å²) in [5, 5.41) is 2.40. The number of methoxy groups -OCH3 is 1. The molecule has 4 aromatic rings. The molecule has 5 rings (SSSR count). The first-order valence-corrected chi connectivity index (χ1v) is 8.74. The molecule has 0 bridgehead atoms. The maximum Gasteiger partial charge on any atom is 0.344 e. The highest BCUT2D eigenvalue weighted by Gasteiger charge is 2.23. The first-order chi connectivity index (χ1) is 13.2. The second-order valence-electron chi connectivity index (χ2n) is 6.53. The Morgan fingerprint density at radius 2 is 1.81 bits per heavy atom. The molecular formula is C22H17NO4. The van der Waals surface area contributed by atoms with Crippen molar-refractivity contribution in [1.29, 1.82) is 0 Å². The van der Waals surface area contributed by atoms with Gasteiger partial charge in [0.2, 0.25) is 0 Å². The number of anilines is 1. The van der Waals surface area contributed by atoms with Crippen molar-refractivity contribution in [2.24, 2.45) is 0 Å². The van der Waals surface area contributed by atoms with Gasteiger partial charge in [-0.15, -0.1) is 0 Å². The first-order valence-electron chi connectivity index (χ1n) is 8.74. The Morgan fingerprint density at radius 1 is 0.963 bits per heavy atom. The Balaban J connectivity index is 1.67. The minimum atomic E-state index is -0.329. The third kappa shape index (κ3) is 2.51. The lowest BCUT2D eigenvalue weighted by Gasteiger charge is -2.31. The van der Waals surface area contributed by atoms with E-state index in [1.807, 2.05) is 54.6 Å². The number of hydrogen-bond acceptors (Lipinski definition) is 5. The maximum atomic E-state index is 12.5. The van der Waals surface area contributed by atoms with Crippen LogP contribution >= 0.6 is 0 Å². The number of hydrogen-bond donors (Lipinski definition) is 0. The summed E-state index contributed by atoms with van der Waals surface area (Å²) in [6, 6.07) is 19.2. The summed E-state index contributed by atoms with van der Waals surface area (Å²) in [6.07, 6.45) is 0. The molecule has 1 aliphatic rings. The molecule has 0 radical (unpaired) electrons. The number of rotatable bonds is 2. The van der Waals surface area contributed by atoms with Crippen LogP contribution in [-0.4, -0.2) is 13.8 Å². The number of ether oxygens (including phenoxy) is 2. The van der Waals surface area contributed by atoms with E-state index in [9.17, 15) is 4.79 Å². The first kappa shape index (κ1) is 15.8. The second-order valence-corrected chi connectivity index (χ2v) is 6.53. The maximum absolute atomic E-state index is 12.5. The molecular weight excluding hydrogens is 342 g/mol. The van der Waals surface area contributed by atoms with Crippen LogP contribution in [0.15, 0.2) is 69.9 Å². The molecule has 27 heavy (non-hydrogen) atoms. The highest BCUT2D eigenvalue weighted by atomic mass is 16.5. The van der Waals surface area contributed by atoms with Gasteiger partial charge in [0.25, 0.3) is 0 Å². The molecule has 5 nitrogen and oxygen atoms in total. The van der Waals surface area contributed by atoms with E-state index < -0.39 is 0 Å². The topological polar surface area (TPSA) is 51.9 Å². The summed E-state index contributed by atoms with van der Waals surface area (Å²) in [6.45, 7) is 1.00. The average Bonchev–Trinajstić information content (AvgIpc) is 2.73. The van der Waals surface area contributed by atoms with Gasteiger partial charge in [0.1, 0.15) is 17.1 Å². The van der Waals surface area contributed by atoms with E-state index in [0.29, 0.717) is 24.2 Å². The summed E-state index contributed by atoms with van der Waals surface area (Å²) in [5.74, 6) is 1.54. The van der Waals surface area contributed by atoms with Crippen molar-refractivity contribution < 1.29 is 13.9 Å². The fourth-order valence-corrected chi connectivity index (χ4v) is 3.62. The molecule has 134 valence electrons. The quantitative estimate of drug-likeness (QED) is 0.394. The summed E-state index contributed by atoms with van der Waals surface area (Å²) in [7, 11) is 1.65. The van der Waals surface area contributed by atoms with E-state index >= 15 is 0 Å². The Kier molecular flexibility index (Phi) is 3.53. The lowest BCUT2D eigenvalue weighted by atomic mass is 10.0. The van der Waals surface area contributed by atoms with E-state index in [1.54, 1.807) is 13.2 Å². The van der Waals surface area contributed by atoms with Gasteiger partial charge in [-0.2, -0.15) is 0 Å². The molecule has 0 amide bonds. The zero-order chi connectivity index (χ0) is 18.4. The van der Waals surface area contributed by atoms with Gasteiger partial charge in [-0.25, -0.2) is 4.79 Å². The summed E-state index contributed by atoms with van der Waals surface area (Å²) in [5.41, 5.74) is 2.12. The molecule has 1 aliphatic heterocycles. The highest BCUT2D eigenvalue weighted by Crippen LogP contribution is 2.36. The van der Waals surface area contributed by atoms with Gasteiger partial charge >= 0.3 is 5.63 Å². The van der Waals surface area contributed by atoms with Gasteiger partial charge in [-0.05, 0) is 35.7 Å². The second kappa shape index (κ2) is 6.06. The molecule has 0 spiro atoms. The predicted octanol–water partition coefficient (Wildman–Crippen LogP) is 4.31. The summed E-state index contributed by atoms with van der Waals surface area (Å²) < 4.78 is 17.0. The van der Waals surface area contributed by atoms with Crippen LogP contribution in [0.2, 0.25) is 0 Å². The van der Waals surface area contributed by atoms with Gasteiger partial charge in [-0.1, -0.05) is 24.3 Å². The van der Waals surface area contributed by atoms with E-state index in [2.05, 4.69) is 4.90 Å². The fraction of sp³-hybridized carbons (Fsp3) is 0.136. The molecule has 5 heteroatoms. The van der Waals surface area contributed by atoms with Crippen molar-refractivity contribution in [2.45, 2.75) is 6.54 Å². The lowest BCUT2D eigenvalue weighted by molar-refractivity contribution is 0.289. The van der Waals surface area contributed by atoms with Gasteiger partial charge in [-0.3, -0.25) is 0 Å². The van der Waals surface area contributed by atoms with Crippen LogP contribution < -0.4 is 20.0 Å². The minimum Gasteiger partial charge on any atom is -0.497 e. The highest BCUT2D eigenvalue weighted by molar-refractivity contribution is 6.05. The van der Waals surface area contributed by atoms with Crippen LogP contribution in [0.3, 0.4) is 0 Å². The van der Waals surface area contributed by atoms with Crippen molar-refractivity contribution in [1.82, 2.24) is 0 Å². The van der Waals surface area contributed by atoms with Gasteiger partial charge in [0.15, 0.2) is 6.73 Å². The molecule has 1 aromatic heterocycles. The van der Waals surface area contributed by atoms with Crippen molar-refractivity contribution >= 4 is 27.4 Å². The predicted molar refractivity (Wildman–Crippen MR) is 105 cm³/mol. The largest absolute Gasteiger partial charge is 0.497 e. The van der Waals surface area contributed by atoms with Gasteiger partial charge in [0.05, 0.1) is 24.6 Å². The lowest BCUT2D eigenvalue weighted by Crippen LogP contribution is -2.32. The number of benzene rings is 3. The van der Waals surface area contributed by atoms with E-state index in [1.165, 1.54) is 0 Å². The zero-order valence-electron chi connectivity index (χ0n) is 14.8. The van der Waals surface area contributed by atoms with Crippen LogP contribution in [0.1, 0.15) is 5.56 Å². The fourth-order valence-electron chi connectivity index (χ4n) is 3.62. The Labute approximate surface area is 155 Å².